The standard InChI is InChI=1S/C29H22FNO3/c30-24-16-10-20(11-17-24)19-31-26-9-5-4-8-25(26)29(34,28(31)33)18-27(32)23-14-12-22(13-15-23)21-6-2-1-3-7-21/h1-17,34H,18-19H2/t29-/m0/s1. The number of anilines is 1. The maximum Gasteiger partial charge on any atom is 0.264 e. The van der Waals surface area contributed by atoms with E-state index in [4.69, 9.17) is 0 Å². The van der Waals surface area contributed by atoms with Gasteiger partial charge in [-0.25, -0.2) is 4.39 Å². The van der Waals surface area contributed by atoms with Crippen LogP contribution in [0.25, 0.3) is 11.1 Å². The monoisotopic (exact) mass is 451 g/mol. The zero-order chi connectivity index (χ0) is 23.7. The van der Waals surface area contributed by atoms with Crippen molar-refractivity contribution in [3.63, 3.8) is 0 Å². The van der Waals surface area contributed by atoms with E-state index < -0.39 is 11.5 Å². The number of hydrogen-bond acceptors (Lipinski definition) is 3. The summed E-state index contributed by atoms with van der Waals surface area (Å²) in [5, 5.41) is 11.5. The fraction of sp³-hybridized carbons (Fsp3) is 0.103. The van der Waals surface area contributed by atoms with Gasteiger partial charge < -0.3 is 10.0 Å². The Morgan fingerprint density at radius 3 is 2.12 bits per heavy atom. The van der Waals surface area contributed by atoms with Gasteiger partial charge in [-0.1, -0.05) is 84.9 Å². The van der Waals surface area contributed by atoms with E-state index in [0.29, 0.717) is 16.8 Å². The highest BCUT2D eigenvalue weighted by molar-refractivity contribution is 6.10. The Balaban J connectivity index is 1.41. The first kappa shape index (κ1) is 21.7. The molecule has 4 aromatic rings. The van der Waals surface area contributed by atoms with Gasteiger partial charge in [0.1, 0.15) is 5.82 Å². The molecule has 5 heteroatoms. The lowest BCUT2D eigenvalue weighted by molar-refractivity contribution is -0.136. The molecule has 34 heavy (non-hydrogen) atoms. The summed E-state index contributed by atoms with van der Waals surface area (Å²) in [6, 6.07) is 29.8. The molecule has 0 spiro atoms. The lowest BCUT2D eigenvalue weighted by Gasteiger charge is -2.23. The van der Waals surface area contributed by atoms with E-state index in [1.54, 1.807) is 48.5 Å². The van der Waals surface area contributed by atoms with E-state index >= 15 is 0 Å². The fourth-order valence-electron chi connectivity index (χ4n) is 4.42. The predicted octanol–water partition coefficient (Wildman–Crippen LogP) is 5.50. The quantitative estimate of drug-likeness (QED) is 0.394. The van der Waals surface area contributed by atoms with E-state index in [2.05, 4.69) is 0 Å². The molecule has 4 aromatic carbocycles. The van der Waals surface area contributed by atoms with Gasteiger partial charge in [-0.2, -0.15) is 0 Å². The van der Waals surface area contributed by atoms with Gasteiger partial charge in [-0.05, 0) is 34.9 Å². The minimum Gasteiger partial charge on any atom is -0.375 e. The topological polar surface area (TPSA) is 57.6 Å². The van der Waals surface area contributed by atoms with Crippen LogP contribution in [-0.2, 0) is 16.9 Å². The second-order valence-corrected chi connectivity index (χ2v) is 8.44. The van der Waals surface area contributed by atoms with Crippen LogP contribution < -0.4 is 4.90 Å². The summed E-state index contributed by atoms with van der Waals surface area (Å²) in [6.07, 6.45) is -0.368. The number of carbonyl (C=O) groups is 2. The third-order valence-corrected chi connectivity index (χ3v) is 6.22. The summed E-state index contributed by atoms with van der Waals surface area (Å²) in [6.45, 7) is 0.165. The summed E-state index contributed by atoms with van der Waals surface area (Å²) in [7, 11) is 0. The minimum absolute atomic E-state index is 0.165. The molecular weight excluding hydrogens is 429 g/mol. The Kier molecular flexibility index (Phi) is 5.56. The van der Waals surface area contributed by atoms with E-state index in [-0.39, 0.29) is 24.6 Å². The number of hydrogen-bond donors (Lipinski definition) is 1. The average molecular weight is 451 g/mol. The summed E-state index contributed by atoms with van der Waals surface area (Å²) in [5.74, 6) is -1.25. The highest BCUT2D eigenvalue weighted by atomic mass is 19.1. The van der Waals surface area contributed by atoms with E-state index in [9.17, 15) is 19.1 Å². The van der Waals surface area contributed by atoms with Crippen LogP contribution in [-0.4, -0.2) is 16.8 Å². The molecule has 0 saturated carbocycles. The molecule has 0 aliphatic carbocycles. The third kappa shape index (κ3) is 3.91. The summed E-state index contributed by atoms with van der Waals surface area (Å²) in [5.41, 5.74) is 2.14. The van der Waals surface area contributed by atoms with Crippen LogP contribution in [0.4, 0.5) is 10.1 Å². The molecule has 0 bridgehead atoms. The molecule has 0 saturated heterocycles. The molecule has 1 N–H and O–H groups in total. The highest BCUT2D eigenvalue weighted by Gasteiger charge is 2.50. The van der Waals surface area contributed by atoms with Gasteiger partial charge in [0.15, 0.2) is 11.4 Å². The van der Waals surface area contributed by atoms with Crippen LogP contribution in [0.5, 0.6) is 0 Å². The SMILES string of the molecule is O=C(C[C@@]1(O)C(=O)N(Cc2ccc(F)cc2)c2ccccc21)c1ccc(-c2ccccc2)cc1. The van der Waals surface area contributed by atoms with Crippen molar-refractivity contribution < 1.29 is 19.1 Å². The molecule has 168 valence electrons. The first-order valence-corrected chi connectivity index (χ1v) is 11.0. The second kappa shape index (κ2) is 8.69. The van der Waals surface area contributed by atoms with Crippen LogP contribution in [0.1, 0.15) is 27.9 Å². The summed E-state index contributed by atoms with van der Waals surface area (Å²) in [4.78, 5) is 28.0. The fourth-order valence-corrected chi connectivity index (χ4v) is 4.42. The van der Waals surface area contributed by atoms with Crippen molar-refractivity contribution in [2.24, 2.45) is 0 Å². The predicted molar refractivity (Wildman–Crippen MR) is 129 cm³/mol. The summed E-state index contributed by atoms with van der Waals surface area (Å²) < 4.78 is 13.3. The van der Waals surface area contributed by atoms with Gasteiger partial charge in [0.2, 0.25) is 0 Å². The zero-order valence-corrected chi connectivity index (χ0v) is 18.3. The smallest absolute Gasteiger partial charge is 0.264 e. The Morgan fingerprint density at radius 2 is 1.41 bits per heavy atom. The largest absolute Gasteiger partial charge is 0.375 e. The van der Waals surface area contributed by atoms with Crippen molar-refractivity contribution in [1.82, 2.24) is 0 Å². The molecule has 4 nitrogen and oxygen atoms in total. The van der Waals surface area contributed by atoms with Crippen molar-refractivity contribution in [3.8, 4) is 11.1 Å². The van der Waals surface area contributed by atoms with Gasteiger partial charge in [0.25, 0.3) is 5.91 Å². The lowest BCUT2D eigenvalue weighted by Crippen LogP contribution is -2.41. The molecule has 1 atom stereocenters. The van der Waals surface area contributed by atoms with Crippen molar-refractivity contribution in [2.45, 2.75) is 18.6 Å². The van der Waals surface area contributed by atoms with Gasteiger partial charge in [-0.15, -0.1) is 0 Å². The number of fused-ring (bicyclic) bond motifs is 1. The van der Waals surface area contributed by atoms with Crippen LogP contribution in [0.15, 0.2) is 103 Å². The molecular formula is C29H22FNO3. The van der Waals surface area contributed by atoms with Gasteiger partial charge in [-0.3, -0.25) is 9.59 Å². The number of para-hydroxylation sites is 1. The lowest BCUT2D eigenvalue weighted by atomic mass is 9.88. The number of Topliss-reactive ketones (excluding diaryl/α,β-unsaturated/α-hetero) is 1. The number of ketones is 1. The number of halogens is 1. The average Bonchev–Trinajstić information content (AvgIpc) is 3.08. The van der Waals surface area contributed by atoms with Gasteiger partial charge >= 0.3 is 0 Å². The molecule has 1 amide bonds. The van der Waals surface area contributed by atoms with E-state index in [1.807, 2.05) is 42.5 Å². The summed E-state index contributed by atoms with van der Waals surface area (Å²) >= 11 is 0. The highest BCUT2D eigenvalue weighted by Crippen LogP contribution is 2.43. The number of rotatable bonds is 6. The van der Waals surface area contributed by atoms with E-state index in [0.717, 1.165) is 16.7 Å². The van der Waals surface area contributed by atoms with Gasteiger partial charge in [0.05, 0.1) is 18.7 Å². The molecule has 5 rings (SSSR count). The number of amides is 1. The first-order chi connectivity index (χ1) is 16.5. The van der Waals surface area contributed by atoms with Crippen LogP contribution in [0.3, 0.4) is 0 Å². The van der Waals surface area contributed by atoms with Crippen molar-refractivity contribution in [1.29, 1.82) is 0 Å². The minimum atomic E-state index is -1.97. The molecule has 0 radical (unpaired) electrons. The van der Waals surface area contributed by atoms with E-state index in [1.165, 1.54) is 17.0 Å². The second-order valence-electron chi connectivity index (χ2n) is 8.44. The number of carbonyl (C=O) groups excluding carboxylic acids is 2. The number of aliphatic hydroxyl groups is 1. The molecule has 0 fully saturated rings. The molecule has 1 aliphatic rings. The molecule has 1 heterocycles. The van der Waals surface area contributed by atoms with Crippen molar-refractivity contribution in [3.05, 3.63) is 126 Å². The Hall–Kier alpha value is -4.09. The van der Waals surface area contributed by atoms with Gasteiger partial charge in [0, 0.05) is 11.1 Å². The normalized spacial score (nSPS) is 17.0. The third-order valence-electron chi connectivity index (χ3n) is 6.22. The maximum absolute atomic E-state index is 13.4. The Bertz CT molecular complexity index is 1350. The number of nitrogens with zero attached hydrogens (tertiary/aromatic N) is 1. The van der Waals surface area contributed by atoms with Crippen LogP contribution in [0, 0.1) is 5.82 Å². The van der Waals surface area contributed by atoms with Crippen LogP contribution in [0.2, 0.25) is 0 Å². The molecule has 0 unspecified atom stereocenters. The number of benzene rings is 4. The molecule has 0 aromatic heterocycles. The molecule has 1 aliphatic heterocycles. The zero-order valence-electron chi connectivity index (χ0n) is 18.3. The first-order valence-electron chi connectivity index (χ1n) is 11.0. The van der Waals surface area contributed by atoms with Crippen LogP contribution >= 0.6 is 0 Å². The van der Waals surface area contributed by atoms with Crippen molar-refractivity contribution in [2.75, 3.05) is 4.90 Å². The van der Waals surface area contributed by atoms with Crippen molar-refractivity contribution >= 4 is 17.4 Å². The maximum atomic E-state index is 13.4. The Labute approximate surface area is 196 Å². The Morgan fingerprint density at radius 1 is 0.794 bits per heavy atom.